The van der Waals surface area contributed by atoms with Crippen LogP contribution in [0, 0.1) is 0 Å². The van der Waals surface area contributed by atoms with E-state index in [2.05, 4.69) is 5.32 Å². The van der Waals surface area contributed by atoms with Crippen LogP contribution in [-0.2, 0) is 4.79 Å². The van der Waals surface area contributed by atoms with Crippen LogP contribution in [0.25, 0.3) is 0 Å². The van der Waals surface area contributed by atoms with Gasteiger partial charge in [0.05, 0.1) is 12.2 Å². The molecule has 1 atom stereocenters. The van der Waals surface area contributed by atoms with Crippen LogP contribution in [0.2, 0.25) is 0 Å². The summed E-state index contributed by atoms with van der Waals surface area (Å²) in [6.07, 6.45) is 4.17. The highest BCUT2D eigenvalue weighted by Gasteiger charge is 2.31. The minimum atomic E-state index is -0.148. The molecule has 1 saturated heterocycles. The summed E-state index contributed by atoms with van der Waals surface area (Å²) in [6, 6.07) is 5.53. The molecule has 1 N–H and O–H groups in total. The van der Waals surface area contributed by atoms with E-state index < -0.39 is 0 Å². The first-order chi connectivity index (χ1) is 10.1. The highest BCUT2D eigenvalue weighted by Crippen LogP contribution is 2.30. The molecule has 1 aromatic carbocycles. The Kier molecular flexibility index (Phi) is 3.82. The van der Waals surface area contributed by atoms with Crippen LogP contribution in [0.5, 0.6) is 5.75 Å². The van der Waals surface area contributed by atoms with Gasteiger partial charge < -0.3 is 15.0 Å². The Morgan fingerprint density at radius 2 is 2.19 bits per heavy atom. The minimum absolute atomic E-state index is 0.0154. The third-order valence-corrected chi connectivity index (χ3v) is 4.13. The normalized spacial score (nSPS) is 21.5. The van der Waals surface area contributed by atoms with Crippen LogP contribution in [0.4, 0.5) is 5.69 Å². The molecule has 0 radical (unpaired) electrons. The van der Waals surface area contributed by atoms with Crippen molar-refractivity contribution >= 4 is 17.5 Å². The average Bonchev–Trinajstić information content (AvgIpc) is 2.46. The second-order valence-corrected chi connectivity index (χ2v) is 5.68. The maximum absolute atomic E-state index is 12.8. The Balaban J connectivity index is 1.95. The minimum Gasteiger partial charge on any atom is -0.493 e. The summed E-state index contributed by atoms with van der Waals surface area (Å²) in [6.45, 7) is 2.89. The first-order valence-corrected chi connectivity index (χ1v) is 7.50. The molecule has 2 aliphatic heterocycles. The van der Waals surface area contributed by atoms with E-state index in [1.165, 1.54) is 13.3 Å². The molecule has 21 heavy (non-hydrogen) atoms. The first-order valence-electron chi connectivity index (χ1n) is 7.50. The van der Waals surface area contributed by atoms with E-state index >= 15 is 0 Å². The number of benzene rings is 1. The molecule has 5 heteroatoms. The fourth-order valence-corrected chi connectivity index (χ4v) is 3.13. The predicted molar refractivity (Wildman–Crippen MR) is 79.5 cm³/mol. The molecule has 0 bridgehead atoms. The van der Waals surface area contributed by atoms with Crippen molar-refractivity contribution in [1.82, 2.24) is 4.90 Å². The number of hydrogen-bond acceptors (Lipinski definition) is 3. The van der Waals surface area contributed by atoms with Crippen molar-refractivity contribution in [3.8, 4) is 5.75 Å². The van der Waals surface area contributed by atoms with Crippen LogP contribution >= 0.6 is 0 Å². The van der Waals surface area contributed by atoms with Gasteiger partial charge in [0.15, 0.2) is 0 Å². The zero-order valence-electron chi connectivity index (χ0n) is 12.2. The van der Waals surface area contributed by atoms with Crippen molar-refractivity contribution in [2.75, 3.05) is 18.5 Å². The zero-order chi connectivity index (χ0) is 14.8. The molecule has 2 aliphatic rings. The van der Waals surface area contributed by atoms with E-state index in [0.29, 0.717) is 23.6 Å². The molecule has 5 nitrogen and oxygen atoms in total. The number of fused-ring (bicyclic) bond motifs is 2. The largest absolute Gasteiger partial charge is 0.493 e. The molecule has 1 fully saturated rings. The zero-order valence-corrected chi connectivity index (χ0v) is 12.2. The van der Waals surface area contributed by atoms with Gasteiger partial charge in [0, 0.05) is 31.6 Å². The standard InChI is InChI=1S/C16H20N2O3/c1-11(19)17-12-5-6-15-14(10-12)16(20)18-8-3-2-4-13(18)7-9-21-15/h5-6,10,13H,2-4,7-9H2,1H3,(H,17,19). The van der Waals surface area contributed by atoms with Crippen molar-refractivity contribution in [2.24, 2.45) is 0 Å². The van der Waals surface area contributed by atoms with Crippen LogP contribution in [0.1, 0.15) is 43.0 Å². The van der Waals surface area contributed by atoms with Gasteiger partial charge in [-0.25, -0.2) is 0 Å². The second kappa shape index (κ2) is 5.76. The number of hydrogen-bond donors (Lipinski definition) is 1. The summed E-state index contributed by atoms with van der Waals surface area (Å²) in [4.78, 5) is 25.9. The maximum Gasteiger partial charge on any atom is 0.257 e. The van der Waals surface area contributed by atoms with Crippen LogP contribution in [-0.4, -0.2) is 35.9 Å². The Morgan fingerprint density at radius 3 is 3.00 bits per heavy atom. The number of amides is 2. The number of rotatable bonds is 1. The summed E-state index contributed by atoms with van der Waals surface area (Å²) < 4.78 is 5.75. The topological polar surface area (TPSA) is 58.6 Å². The van der Waals surface area contributed by atoms with Gasteiger partial charge in [-0.3, -0.25) is 9.59 Å². The van der Waals surface area contributed by atoms with Gasteiger partial charge in [-0.1, -0.05) is 0 Å². The molecule has 1 unspecified atom stereocenters. The van der Waals surface area contributed by atoms with Crippen molar-refractivity contribution in [3.05, 3.63) is 23.8 Å². The van der Waals surface area contributed by atoms with Crippen LogP contribution < -0.4 is 10.1 Å². The Bertz CT molecular complexity index is 571. The summed E-state index contributed by atoms with van der Waals surface area (Å²) in [5, 5.41) is 2.72. The molecule has 0 aliphatic carbocycles. The van der Waals surface area contributed by atoms with E-state index in [4.69, 9.17) is 4.74 Å². The van der Waals surface area contributed by atoms with E-state index in [9.17, 15) is 9.59 Å². The molecule has 2 amide bonds. The fourth-order valence-electron chi connectivity index (χ4n) is 3.13. The lowest BCUT2D eigenvalue weighted by molar-refractivity contribution is -0.114. The lowest BCUT2D eigenvalue weighted by Gasteiger charge is -2.37. The summed E-state index contributed by atoms with van der Waals surface area (Å²) >= 11 is 0. The van der Waals surface area contributed by atoms with E-state index in [-0.39, 0.29) is 17.9 Å². The lowest BCUT2D eigenvalue weighted by atomic mass is 9.97. The summed E-state index contributed by atoms with van der Waals surface area (Å²) in [5.74, 6) is 0.477. The fraction of sp³-hybridized carbons (Fsp3) is 0.500. The molecule has 3 rings (SSSR count). The smallest absolute Gasteiger partial charge is 0.257 e. The van der Waals surface area contributed by atoms with Gasteiger partial charge in [0.1, 0.15) is 5.75 Å². The third-order valence-electron chi connectivity index (χ3n) is 4.13. The van der Waals surface area contributed by atoms with Crippen molar-refractivity contribution in [2.45, 2.75) is 38.6 Å². The van der Waals surface area contributed by atoms with Gasteiger partial charge in [-0.2, -0.15) is 0 Å². The van der Waals surface area contributed by atoms with Crippen molar-refractivity contribution in [1.29, 1.82) is 0 Å². The molecule has 2 heterocycles. The number of carbonyl (C=O) groups excluding carboxylic acids is 2. The predicted octanol–water partition coefficient (Wildman–Crippen LogP) is 2.42. The molecule has 1 aromatic rings. The van der Waals surface area contributed by atoms with Crippen molar-refractivity contribution < 1.29 is 14.3 Å². The monoisotopic (exact) mass is 288 g/mol. The quantitative estimate of drug-likeness (QED) is 0.863. The highest BCUT2D eigenvalue weighted by atomic mass is 16.5. The van der Waals surface area contributed by atoms with Crippen molar-refractivity contribution in [3.63, 3.8) is 0 Å². The Hall–Kier alpha value is -2.04. The number of piperidine rings is 1. The van der Waals surface area contributed by atoms with Gasteiger partial charge >= 0.3 is 0 Å². The maximum atomic E-state index is 12.8. The summed E-state index contributed by atoms with van der Waals surface area (Å²) in [5.41, 5.74) is 1.18. The first kappa shape index (κ1) is 13.9. The van der Waals surface area contributed by atoms with E-state index in [1.54, 1.807) is 18.2 Å². The van der Waals surface area contributed by atoms with Gasteiger partial charge in [0.25, 0.3) is 5.91 Å². The number of ether oxygens (including phenoxy) is 1. The molecule has 0 spiro atoms. The molecule has 0 aromatic heterocycles. The van der Waals surface area contributed by atoms with Gasteiger partial charge in [-0.05, 0) is 37.5 Å². The number of nitrogens with one attached hydrogen (secondary N) is 1. The third kappa shape index (κ3) is 2.86. The summed E-state index contributed by atoms with van der Waals surface area (Å²) in [7, 11) is 0. The van der Waals surface area contributed by atoms with Crippen LogP contribution in [0.15, 0.2) is 18.2 Å². The molecule has 112 valence electrons. The SMILES string of the molecule is CC(=O)Nc1ccc2c(c1)C(=O)N1CCCCC1CCO2. The van der Waals surface area contributed by atoms with E-state index in [1.807, 2.05) is 4.90 Å². The van der Waals surface area contributed by atoms with Gasteiger partial charge in [-0.15, -0.1) is 0 Å². The van der Waals surface area contributed by atoms with Crippen LogP contribution in [0.3, 0.4) is 0 Å². The lowest BCUT2D eigenvalue weighted by Crippen LogP contribution is -2.45. The Labute approximate surface area is 124 Å². The average molecular weight is 288 g/mol. The molecular formula is C16H20N2O3. The molecule has 0 saturated carbocycles. The number of anilines is 1. The van der Waals surface area contributed by atoms with Gasteiger partial charge in [0.2, 0.25) is 5.91 Å². The number of carbonyl (C=O) groups is 2. The number of nitrogens with zero attached hydrogens (tertiary/aromatic N) is 1. The Morgan fingerprint density at radius 1 is 1.33 bits per heavy atom. The molecular weight excluding hydrogens is 268 g/mol. The second-order valence-electron chi connectivity index (χ2n) is 5.68. The highest BCUT2D eigenvalue weighted by molar-refractivity contribution is 5.99. The van der Waals surface area contributed by atoms with E-state index in [0.717, 1.165) is 25.8 Å².